The molecule has 1 N–H and O–H groups in total. The normalized spacial score (nSPS) is 15.0. The number of methoxy groups -OCH3 is 1. The van der Waals surface area contributed by atoms with Crippen molar-refractivity contribution in [3.63, 3.8) is 0 Å². The maximum absolute atomic E-state index is 12.1. The van der Waals surface area contributed by atoms with Gasteiger partial charge in [0.05, 0.1) is 12.7 Å². The van der Waals surface area contributed by atoms with Crippen LogP contribution in [0.4, 0.5) is 0 Å². The van der Waals surface area contributed by atoms with Crippen LogP contribution in [0.1, 0.15) is 58.4 Å². The maximum atomic E-state index is 12.1. The van der Waals surface area contributed by atoms with Crippen LogP contribution in [0.15, 0.2) is 18.2 Å². The van der Waals surface area contributed by atoms with E-state index in [1.54, 1.807) is 18.2 Å². The fourth-order valence-electron chi connectivity index (χ4n) is 2.88. The smallest absolute Gasteiger partial charge is 0.338 e. The van der Waals surface area contributed by atoms with Crippen molar-refractivity contribution in [3.8, 4) is 0 Å². The number of aryl methyl sites for hydroxylation is 1. The van der Waals surface area contributed by atoms with Gasteiger partial charge in [0.1, 0.15) is 0 Å². The molecule has 0 bridgehead atoms. The fraction of sp³-hybridized carbons (Fsp3) is 0.529. The lowest BCUT2D eigenvalue weighted by Gasteiger charge is -2.11. The number of hydrogen-bond acceptors (Lipinski definition) is 3. The summed E-state index contributed by atoms with van der Waals surface area (Å²) in [4.78, 5) is 23.8. The number of esters is 1. The Morgan fingerprint density at radius 1 is 1.29 bits per heavy atom. The van der Waals surface area contributed by atoms with Gasteiger partial charge >= 0.3 is 5.97 Å². The molecule has 0 radical (unpaired) electrons. The molecular weight excluding hydrogens is 266 g/mol. The van der Waals surface area contributed by atoms with Gasteiger partial charge in [-0.2, -0.15) is 0 Å². The number of nitrogens with one attached hydrogen (secondary N) is 1. The predicted octanol–water partition coefficient (Wildman–Crippen LogP) is 3.09. The Labute approximate surface area is 125 Å². The van der Waals surface area contributed by atoms with E-state index in [-0.39, 0.29) is 5.91 Å². The molecule has 0 unspecified atom stereocenters. The first-order valence-corrected chi connectivity index (χ1v) is 7.59. The highest BCUT2D eigenvalue weighted by atomic mass is 16.5. The van der Waals surface area contributed by atoms with Crippen molar-refractivity contribution in [2.24, 2.45) is 5.92 Å². The SMILES string of the molecule is COC(=O)c1cc(C(=O)NCCC2CCCC2)ccc1C. The molecule has 4 nitrogen and oxygen atoms in total. The summed E-state index contributed by atoms with van der Waals surface area (Å²) in [6.45, 7) is 2.53. The van der Waals surface area contributed by atoms with Gasteiger partial charge in [-0.15, -0.1) is 0 Å². The lowest BCUT2D eigenvalue weighted by molar-refractivity contribution is 0.0600. The summed E-state index contributed by atoms with van der Waals surface area (Å²) in [5, 5.41) is 2.94. The molecule has 0 saturated heterocycles. The average molecular weight is 289 g/mol. The molecule has 0 aliphatic heterocycles. The lowest BCUT2D eigenvalue weighted by atomic mass is 10.0. The summed E-state index contributed by atoms with van der Waals surface area (Å²) in [6, 6.07) is 5.12. The first-order valence-electron chi connectivity index (χ1n) is 7.59. The van der Waals surface area contributed by atoms with Gasteiger partial charge in [0.2, 0.25) is 0 Å². The summed E-state index contributed by atoms with van der Waals surface area (Å²) in [5.74, 6) is 0.222. The molecule has 0 atom stereocenters. The van der Waals surface area contributed by atoms with E-state index >= 15 is 0 Å². The molecule has 21 heavy (non-hydrogen) atoms. The zero-order valence-electron chi connectivity index (χ0n) is 12.8. The Morgan fingerprint density at radius 2 is 2.00 bits per heavy atom. The molecule has 1 aromatic carbocycles. The number of hydrogen-bond donors (Lipinski definition) is 1. The van der Waals surface area contributed by atoms with Crippen LogP contribution in [0.5, 0.6) is 0 Å². The van der Waals surface area contributed by atoms with Crippen LogP contribution < -0.4 is 5.32 Å². The third-order valence-electron chi connectivity index (χ3n) is 4.22. The second-order valence-electron chi connectivity index (χ2n) is 5.72. The van der Waals surface area contributed by atoms with Crippen LogP contribution in [0.2, 0.25) is 0 Å². The van der Waals surface area contributed by atoms with E-state index in [4.69, 9.17) is 4.74 Å². The summed E-state index contributed by atoms with van der Waals surface area (Å²) in [5.41, 5.74) is 1.76. The first-order chi connectivity index (χ1) is 10.1. The van der Waals surface area contributed by atoms with Crippen LogP contribution in [-0.4, -0.2) is 25.5 Å². The van der Waals surface area contributed by atoms with Gasteiger partial charge in [0.15, 0.2) is 0 Å². The summed E-state index contributed by atoms with van der Waals surface area (Å²) >= 11 is 0. The molecule has 1 amide bonds. The van der Waals surface area contributed by atoms with Gasteiger partial charge in [-0.3, -0.25) is 4.79 Å². The molecule has 114 valence electrons. The van der Waals surface area contributed by atoms with E-state index in [0.717, 1.165) is 17.9 Å². The van der Waals surface area contributed by atoms with Gasteiger partial charge < -0.3 is 10.1 Å². The van der Waals surface area contributed by atoms with Crippen LogP contribution in [0.3, 0.4) is 0 Å². The monoisotopic (exact) mass is 289 g/mol. The minimum Gasteiger partial charge on any atom is -0.465 e. The quantitative estimate of drug-likeness (QED) is 0.847. The zero-order valence-corrected chi connectivity index (χ0v) is 12.8. The predicted molar refractivity (Wildman–Crippen MR) is 81.4 cm³/mol. The van der Waals surface area contributed by atoms with Crippen LogP contribution >= 0.6 is 0 Å². The van der Waals surface area contributed by atoms with Crippen molar-refractivity contribution in [2.45, 2.75) is 39.0 Å². The molecule has 1 saturated carbocycles. The molecule has 4 heteroatoms. The maximum Gasteiger partial charge on any atom is 0.338 e. The Balaban J connectivity index is 1.93. The number of benzene rings is 1. The van der Waals surface area contributed by atoms with Gasteiger partial charge in [-0.1, -0.05) is 31.7 Å². The molecule has 1 fully saturated rings. The van der Waals surface area contributed by atoms with Crippen molar-refractivity contribution in [3.05, 3.63) is 34.9 Å². The van der Waals surface area contributed by atoms with Crippen LogP contribution in [0.25, 0.3) is 0 Å². The number of amides is 1. The molecule has 1 aromatic rings. The highest BCUT2D eigenvalue weighted by molar-refractivity contribution is 5.98. The Hall–Kier alpha value is -1.84. The number of carbonyl (C=O) groups is 2. The fourth-order valence-corrected chi connectivity index (χ4v) is 2.88. The van der Waals surface area contributed by atoms with E-state index in [9.17, 15) is 9.59 Å². The minimum absolute atomic E-state index is 0.127. The van der Waals surface area contributed by atoms with Gasteiger partial charge in [-0.05, 0) is 37.0 Å². The molecule has 0 aromatic heterocycles. The van der Waals surface area contributed by atoms with E-state index in [1.165, 1.54) is 32.8 Å². The van der Waals surface area contributed by atoms with E-state index in [2.05, 4.69) is 5.32 Å². The third kappa shape index (κ3) is 4.06. The summed E-state index contributed by atoms with van der Waals surface area (Å²) in [6.07, 6.45) is 6.25. The van der Waals surface area contributed by atoms with Crippen molar-refractivity contribution in [2.75, 3.05) is 13.7 Å². The van der Waals surface area contributed by atoms with Crippen molar-refractivity contribution < 1.29 is 14.3 Å². The van der Waals surface area contributed by atoms with Crippen LogP contribution in [0, 0.1) is 12.8 Å². The number of carbonyl (C=O) groups excluding carboxylic acids is 2. The van der Waals surface area contributed by atoms with Crippen molar-refractivity contribution in [1.29, 1.82) is 0 Å². The van der Waals surface area contributed by atoms with Gasteiger partial charge in [0.25, 0.3) is 5.91 Å². The Kier molecular flexibility index (Phi) is 5.37. The van der Waals surface area contributed by atoms with Crippen molar-refractivity contribution in [1.82, 2.24) is 5.32 Å². The first kappa shape index (κ1) is 15.5. The molecule has 1 aliphatic carbocycles. The lowest BCUT2D eigenvalue weighted by Crippen LogP contribution is -2.26. The second-order valence-corrected chi connectivity index (χ2v) is 5.72. The van der Waals surface area contributed by atoms with Gasteiger partial charge in [-0.25, -0.2) is 4.79 Å². The van der Waals surface area contributed by atoms with E-state index in [0.29, 0.717) is 17.7 Å². The molecular formula is C17H23NO3. The van der Waals surface area contributed by atoms with Crippen molar-refractivity contribution >= 4 is 11.9 Å². The van der Waals surface area contributed by atoms with Gasteiger partial charge in [0, 0.05) is 12.1 Å². The summed E-state index contributed by atoms with van der Waals surface area (Å²) in [7, 11) is 1.34. The molecule has 0 spiro atoms. The highest BCUT2D eigenvalue weighted by Gasteiger charge is 2.16. The Bertz CT molecular complexity index is 519. The summed E-state index contributed by atoms with van der Waals surface area (Å²) < 4.78 is 4.73. The highest BCUT2D eigenvalue weighted by Crippen LogP contribution is 2.26. The molecule has 2 rings (SSSR count). The Morgan fingerprint density at radius 3 is 2.67 bits per heavy atom. The number of ether oxygens (including phenoxy) is 1. The minimum atomic E-state index is -0.409. The van der Waals surface area contributed by atoms with E-state index < -0.39 is 5.97 Å². The standard InChI is InChI=1S/C17H23NO3/c1-12-7-8-14(11-15(12)17(20)21-2)16(19)18-10-9-13-5-3-4-6-13/h7-8,11,13H,3-6,9-10H2,1-2H3,(H,18,19). The average Bonchev–Trinajstić information content (AvgIpc) is 3.00. The molecule has 1 aliphatic rings. The second kappa shape index (κ2) is 7.25. The largest absolute Gasteiger partial charge is 0.465 e. The number of rotatable bonds is 5. The zero-order chi connectivity index (χ0) is 15.2. The van der Waals surface area contributed by atoms with E-state index in [1.807, 2.05) is 6.92 Å². The third-order valence-corrected chi connectivity index (χ3v) is 4.22. The topological polar surface area (TPSA) is 55.4 Å². The molecule has 0 heterocycles. The van der Waals surface area contributed by atoms with Crippen LogP contribution in [-0.2, 0) is 4.74 Å².